The van der Waals surface area contributed by atoms with Crippen LogP contribution in [0, 0.1) is 30.1 Å². The number of aryl methyl sites for hydroxylation is 2. The summed E-state index contributed by atoms with van der Waals surface area (Å²) in [4.78, 5) is 29.0. The quantitative estimate of drug-likeness (QED) is 0.280. The van der Waals surface area contributed by atoms with Gasteiger partial charge in [-0.3, -0.25) is 4.79 Å². The highest BCUT2D eigenvalue weighted by Crippen LogP contribution is 2.34. The van der Waals surface area contributed by atoms with E-state index in [1.165, 1.54) is 6.20 Å². The fraction of sp³-hybridized carbons (Fsp3) is 0.464. The monoisotopic (exact) mass is 504 g/mol. The number of nitriles is 1. The Bertz CT molecular complexity index is 1440. The molecule has 9 heteroatoms. The fourth-order valence-corrected chi connectivity index (χ4v) is 4.82. The van der Waals surface area contributed by atoms with Crippen molar-refractivity contribution in [1.82, 2.24) is 14.5 Å². The Morgan fingerprint density at radius 3 is 2.57 bits per heavy atom. The molecule has 37 heavy (non-hydrogen) atoms. The Hall–Kier alpha value is -3.80. The van der Waals surface area contributed by atoms with Crippen molar-refractivity contribution in [3.05, 3.63) is 63.6 Å². The van der Waals surface area contributed by atoms with Crippen LogP contribution in [-0.4, -0.2) is 38.9 Å². The first kappa shape index (κ1) is 26.3. The van der Waals surface area contributed by atoms with Crippen LogP contribution in [0.4, 0.5) is 10.1 Å². The molecule has 0 radical (unpaired) electrons. The van der Waals surface area contributed by atoms with Crippen molar-refractivity contribution < 1.29 is 9.23 Å². The molecule has 0 aromatic carbocycles. The number of oxime groups is 1. The van der Waals surface area contributed by atoms with Crippen molar-refractivity contribution in [3.63, 3.8) is 0 Å². The van der Waals surface area contributed by atoms with Crippen molar-refractivity contribution in [1.29, 1.82) is 5.26 Å². The molecule has 3 aromatic heterocycles. The Morgan fingerprint density at radius 2 is 1.95 bits per heavy atom. The van der Waals surface area contributed by atoms with Crippen LogP contribution in [0.3, 0.4) is 0 Å². The summed E-state index contributed by atoms with van der Waals surface area (Å²) in [7, 11) is 3.69. The third-order valence-electron chi connectivity index (χ3n) is 6.92. The lowest BCUT2D eigenvalue weighted by atomic mass is 9.80. The van der Waals surface area contributed by atoms with E-state index in [9.17, 15) is 14.4 Å². The van der Waals surface area contributed by atoms with Gasteiger partial charge in [-0.05, 0) is 71.6 Å². The van der Waals surface area contributed by atoms with Gasteiger partial charge in [0, 0.05) is 49.4 Å². The molecule has 3 heterocycles. The molecule has 8 nitrogen and oxygen atoms in total. The zero-order valence-corrected chi connectivity index (χ0v) is 22.2. The number of rotatable bonds is 5. The van der Waals surface area contributed by atoms with Crippen LogP contribution in [0.2, 0.25) is 0 Å². The SMILES string of the molecule is Cc1cc(/C(=N/OC(C)(C)C)C2CCC(N(C)c3cc(=O)n(C)c4ccc(C#N)nc34)CC2)cnc1F. The van der Waals surface area contributed by atoms with Gasteiger partial charge in [0.1, 0.15) is 22.9 Å². The molecule has 3 aromatic rings. The minimum absolute atomic E-state index is 0.123. The molecule has 1 fully saturated rings. The fourth-order valence-electron chi connectivity index (χ4n) is 4.82. The first-order chi connectivity index (χ1) is 17.5. The van der Waals surface area contributed by atoms with Crippen molar-refractivity contribution in [2.45, 2.75) is 65.0 Å². The number of halogens is 1. The van der Waals surface area contributed by atoms with E-state index in [1.54, 1.807) is 42.8 Å². The van der Waals surface area contributed by atoms with Gasteiger partial charge in [0.15, 0.2) is 0 Å². The molecular formula is C28H33FN6O2. The molecule has 0 unspecified atom stereocenters. The van der Waals surface area contributed by atoms with Crippen LogP contribution in [-0.2, 0) is 11.9 Å². The van der Waals surface area contributed by atoms with Gasteiger partial charge < -0.3 is 14.3 Å². The molecule has 0 aliphatic heterocycles. The van der Waals surface area contributed by atoms with Crippen LogP contribution >= 0.6 is 0 Å². The number of hydrogen-bond donors (Lipinski definition) is 0. The highest BCUT2D eigenvalue weighted by molar-refractivity contribution is 6.02. The molecule has 0 N–H and O–H groups in total. The van der Waals surface area contributed by atoms with Crippen LogP contribution < -0.4 is 10.5 Å². The molecule has 0 bridgehead atoms. The zero-order valence-electron chi connectivity index (χ0n) is 22.2. The van der Waals surface area contributed by atoms with Gasteiger partial charge in [0.05, 0.1) is 16.9 Å². The van der Waals surface area contributed by atoms with Gasteiger partial charge in [-0.15, -0.1) is 0 Å². The van der Waals surface area contributed by atoms with E-state index < -0.39 is 11.5 Å². The smallest absolute Gasteiger partial charge is 0.252 e. The second-order valence-corrected chi connectivity index (χ2v) is 10.7. The van der Waals surface area contributed by atoms with Crippen LogP contribution in [0.5, 0.6) is 0 Å². The minimum Gasteiger partial charge on any atom is -0.390 e. The molecule has 0 amide bonds. The summed E-state index contributed by atoms with van der Waals surface area (Å²) in [6, 6.07) is 9.04. The number of aromatic nitrogens is 3. The van der Waals surface area contributed by atoms with Crippen molar-refractivity contribution in [2.24, 2.45) is 18.1 Å². The average molecular weight is 505 g/mol. The molecular weight excluding hydrogens is 471 g/mol. The standard InChI is InChI=1S/C28H33FN6O2/c1-17-13-19(16-31-27(17)29)25(33-37-28(2,3)4)18-7-10-21(11-8-18)34(5)23-14-24(36)35(6)22-12-9-20(15-30)32-26(22)23/h9,12-14,16,18,21H,7-8,10-11H2,1-6H3/b33-25+. The third-order valence-corrected chi connectivity index (χ3v) is 6.92. The number of anilines is 1. The number of pyridine rings is 3. The third kappa shape index (κ3) is 5.63. The predicted molar refractivity (Wildman–Crippen MR) is 142 cm³/mol. The molecule has 1 aliphatic carbocycles. The Kier molecular flexibility index (Phi) is 7.30. The molecule has 0 spiro atoms. The highest BCUT2D eigenvalue weighted by atomic mass is 19.1. The Balaban J connectivity index is 1.60. The van der Waals surface area contributed by atoms with Gasteiger partial charge in [0.25, 0.3) is 5.56 Å². The predicted octanol–water partition coefficient (Wildman–Crippen LogP) is 4.86. The lowest BCUT2D eigenvalue weighted by Crippen LogP contribution is -2.38. The van der Waals surface area contributed by atoms with Gasteiger partial charge in [-0.1, -0.05) is 5.16 Å². The Labute approximate surface area is 216 Å². The van der Waals surface area contributed by atoms with E-state index in [2.05, 4.69) is 26.1 Å². The van der Waals surface area contributed by atoms with Crippen molar-refractivity contribution >= 4 is 22.4 Å². The maximum absolute atomic E-state index is 13.9. The second kappa shape index (κ2) is 10.3. The maximum atomic E-state index is 13.9. The summed E-state index contributed by atoms with van der Waals surface area (Å²) in [5, 5.41) is 13.9. The summed E-state index contributed by atoms with van der Waals surface area (Å²) in [5.41, 5.74) is 3.81. The van der Waals surface area contributed by atoms with Crippen LogP contribution in [0.1, 0.15) is 63.3 Å². The summed E-state index contributed by atoms with van der Waals surface area (Å²) >= 11 is 0. The lowest BCUT2D eigenvalue weighted by Gasteiger charge is -2.36. The van der Waals surface area contributed by atoms with E-state index in [-0.39, 0.29) is 17.5 Å². The van der Waals surface area contributed by atoms with Crippen molar-refractivity contribution in [3.8, 4) is 6.07 Å². The lowest BCUT2D eigenvalue weighted by molar-refractivity contribution is -0.0000352. The maximum Gasteiger partial charge on any atom is 0.252 e. The average Bonchev–Trinajstić information content (AvgIpc) is 2.87. The van der Waals surface area contributed by atoms with Gasteiger partial charge in [-0.25, -0.2) is 9.97 Å². The molecule has 4 rings (SSSR count). The minimum atomic E-state index is -0.487. The molecule has 0 saturated heterocycles. The molecule has 1 aliphatic rings. The summed E-state index contributed by atoms with van der Waals surface area (Å²) in [5.74, 6) is -0.359. The number of fused-ring (bicyclic) bond motifs is 1. The van der Waals surface area contributed by atoms with Gasteiger partial charge in [-0.2, -0.15) is 9.65 Å². The van der Waals surface area contributed by atoms with Gasteiger partial charge >= 0.3 is 0 Å². The molecule has 0 atom stereocenters. The van der Waals surface area contributed by atoms with Crippen LogP contribution in [0.25, 0.3) is 11.0 Å². The van der Waals surface area contributed by atoms with E-state index >= 15 is 0 Å². The summed E-state index contributed by atoms with van der Waals surface area (Å²) in [6.45, 7) is 7.51. The first-order valence-corrected chi connectivity index (χ1v) is 12.5. The van der Waals surface area contributed by atoms with E-state index in [1.807, 2.05) is 27.8 Å². The van der Waals surface area contributed by atoms with E-state index in [0.717, 1.165) is 42.6 Å². The highest BCUT2D eigenvalue weighted by Gasteiger charge is 2.30. The Morgan fingerprint density at radius 1 is 1.24 bits per heavy atom. The van der Waals surface area contributed by atoms with Crippen LogP contribution in [0.15, 0.2) is 40.4 Å². The second-order valence-electron chi connectivity index (χ2n) is 10.7. The first-order valence-electron chi connectivity index (χ1n) is 12.5. The van der Waals surface area contributed by atoms with E-state index in [4.69, 9.17) is 4.84 Å². The topological polar surface area (TPSA) is 96.4 Å². The molecule has 1 saturated carbocycles. The van der Waals surface area contributed by atoms with Crippen molar-refractivity contribution in [2.75, 3.05) is 11.9 Å². The largest absolute Gasteiger partial charge is 0.390 e. The van der Waals surface area contributed by atoms with Gasteiger partial charge in [0.2, 0.25) is 5.95 Å². The normalized spacial score (nSPS) is 18.5. The molecule has 194 valence electrons. The number of nitrogens with zero attached hydrogens (tertiary/aromatic N) is 6. The zero-order chi connectivity index (χ0) is 26.9. The number of hydrogen-bond acceptors (Lipinski definition) is 7. The summed E-state index contributed by atoms with van der Waals surface area (Å²) in [6.07, 6.45) is 4.93. The summed E-state index contributed by atoms with van der Waals surface area (Å²) < 4.78 is 15.4. The van der Waals surface area contributed by atoms with E-state index in [0.29, 0.717) is 22.3 Å².